The van der Waals surface area contributed by atoms with Crippen molar-refractivity contribution >= 4 is 11.6 Å². The lowest BCUT2D eigenvalue weighted by Gasteiger charge is -2.12. The summed E-state index contributed by atoms with van der Waals surface area (Å²) < 4.78 is 5.89. The van der Waals surface area contributed by atoms with Crippen LogP contribution in [0.2, 0.25) is 5.02 Å². The summed E-state index contributed by atoms with van der Waals surface area (Å²) >= 11 is 5.92. The molecule has 0 spiro atoms. The Morgan fingerprint density at radius 1 is 1.25 bits per heavy atom. The third kappa shape index (κ3) is 4.22. The van der Waals surface area contributed by atoms with Gasteiger partial charge in [-0.25, -0.2) is 0 Å². The number of hydrogen-bond acceptors (Lipinski definition) is 3. The van der Waals surface area contributed by atoms with Gasteiger partial charge in [-0.2, -0.15) is 0 Å². The van der Waals surface area contributed by atoms with E-state index in [9.17, 15) is 0 Å². The molecule has 0 fully saturated rings. The number of hydrogen-bond donors (Lipinski definition) is 1. The first-order valence-electron chi connectivity index (χ1n) is 6.77. The van der Waals surface area contributed by atoms with Crippen molar-refractivity contribution < 1.29 is 4.74 Å². The van der Waals surface area contributed by atoms with Crippen LogP contribution in [0.4, 0.5) is 0 Å². The van der Waals surface area contributed by atoms with Crippen molar-refractivity contribution in [3.05, 3.63) is 52.8 Å². The van der Waals surface area contributed by atoms with E-state index in [-0.39, 0.29) is 0 Å². The molecule has 2 aromatic rings. The van der Waals surface area contributed by atoms with Crippen LogP contribution in [0.5, 0.6) is 11.5 Å². The molecule has 0 amide bonds. The molecule has 0 saturated carbocycles. The van der Waals surface area contributed by atoms with Crippen molar-refractivity contribution in [2.24, 2.45) is 0 Å². The first kappa shape index (κ1) is 14.8. The van der Waals surface area contributed by atoms with E-state index in [4.69, 9.17) is 16.3 Å². The lowest BCUT2D eigenvalue weighted by molar-refractivity contribution is 0.470. The highest BCUT2D eigenvalue weighted by Gasteiger charge is 2.06. The van der Waals surface area contributed by atoms with Crippen LogP contribution in [0.1, 0.15) is 24.5 Å². The van der Waals surface area contributed by atoms with Crippen molar-refractivity contribution in [3.8, 4) is 11.5 Å². The molecule has 2 rings (SSSR count). The Morgan fingerprint density at radius 3 is 2.85 bits per heavy atom. The maximum absolute atomic E-state index is 5.92. The van der Waals surface area contributed by atoms with Gasteiger partial charge in [-0.3, -0.25) is 4.98 Å². The van der Waals surface area contributed by atoms with Gasteiger partial charge in [0.25, 0.3) is 0 Å². The molecular formula is C16H19ClN2O. The summed E-state index contributed by atoms with van der Waals surface area (Å²) in [4.78, 5) is 4.03. The zero-order valence-corrected chi connectivity index (χ0v) is 12.6. The average Bonchev–Trinajstić information content (AvgIpc) is 2.42. The normalized spacial score (nSPS) is 10.6. The van der Waals surface area contributed by atoms with Crippen molar-refractivity contribution in [3.63, 3.8) is 0 Å². The number of rotatable bonds is 6. The van der Waals surface area contributed by atoms with E-state index < -0.39 is 0 Å². The minimum Gasteiger partial charge on any atom is -0.455 e. The molecule has 0 saturated heterocycles. The number of pyridine rings is 1. The van der Waals surface area contributed by atoms with Gasteiger partial charge < -0.3 is 10.1 Å². The van der Waals surface area contributed by atoms with Crippen LogP contribution in [0, 0.1) is 6.92 Å². The lowest BCUT2D eigenvalue weighted by atomic mass is 10.1. The molecule has 1 aromatic heterocycles. The number of aryl methyl sites for hydroxylation is 1. The molecule has 3 nitrogen and oxygen atoms in total. The van der Waals surface area contributed by atoms with Gasteiger partial charge >= 0.3 is 0 Å². The molecule has 0 unspecified atom stereocenters. The highest BCUT2D eigenvalue weighted by molar-refractivity contribution is 6.30. The fraction of sp³-hybridized carbons (Fsp3) is 0.312. The highest BCUT2D eigenvalue weighted by atomic mass is 35.5. The number of benzene rings is 1. The highest BCUT2D eigenvalue weighted by Crippen LogP contribution is 2.27. The molecule has 0 aliphatic rings. The SMILES string of the molecule is CCCNCc1cc(C)ccc1Oc1cncc(Cl)c1. The summed E-state index contributed by atoms with van der Waals surface area (Å²) in [6.07, 6.45) is 4.36. The van der Waals surface area contributed by atoms with Gasteiger partial charge in [-0.1, -0.05) is 36.2 Å². The second kappa shape index (κ2) is 7.27. The van der Waals surface area contributed by atoms with Gasteiger partial charge in [0.05, 0.1) is 11.2 Å². The lowest BCUT2D eigenvalue weighted by Crippen LogP contribution is -2.14. The first-order chi connectivity index (χ1) is 9.69. The smallest absolute Gasteiger partial charge is 0.147 e. The van der Waals surface area contributed by atoms with Crippen LogP contribution in [-0.4, -0.2) is 11.5 Å². The predicted octanol–water partition coefficient (Wildman–Crippen LogP) is 4.34. The standard InChI is InChI=1S/C16H19ClN2O/c1-3-6-18-9-13-7-12(2)4-5-16(13)20-15-8-14(17)10-19-11-15/h4-5,7-8,10-11,18H,3,6,9H2,1-2H3. The van der Waals surface area contributed by atoms with Gasteiger partial charge in [-0.05, 0) is 26.0 Å². The van der Waals surface area contributed by atoms with Gasteiger partial charge in [-0.15, -0.1) is 0 Å². The van der Waals surface area contributed by atoms with Crippen molar-refractivity contribution in [1.82, 2.24) is 10.3 Å². The third-order valence-electron chi connectivity index (χ3n) is 2.87. The topological polar surface area (TPSA) is 34.1 Å². The summed E-state index contributed by atoms with van der Waals surface area (Å²) in [5.74, 6) is 1.49. The minimum atomic E-state index is 0.570. The summed E-state index contributed by atoms with van der Waals surface area (Å²) in [6.45, 7) is 6.01. The summed E-state index contributed by atoms with van der Waals surface area (Å²) in [6, 6.07) is 7.92. The maximum Gasteiger partial charge on any atom is 0.147 e. The molecule has 0 bridgehead atoms. The number of halogens is 1. The Labute approximate surface area is 124 Å². The third-order valence-corrected chi connectivity index (χ3v) is 3.07. The summed E-state index contributed by atoms with van der Waals surface area (Å²) in [7, 11) is 0. The van der Waals surface area contributed by atoms with Crippen LogP contribution in [0.15, 0.2) is 36.7 Å². The number of ether oxygens (including phenoxy) is 1. The quantitative estimate of drug-likeness (QED) is 0.804. The number of nitrogens with zero attached hydrogens (tertiary/aromatic N) is 1. The van der Waals surface area contributed by atoms with Gasteiger partial charge in [0.2, 0.25) is 0 Å². The largest absolute Gasteiger partial charge is 0.455 e. The monoisotopic (exact) mass is 290 g/mol. The fourth-order valence-electron chi connectivity index (χ4n) is 1.92. The van der Waals surface area contributed by atoms with Crippen LogP contribution in [0.3, 0.4) is 0 Å². The first-order valence-corrected chi connectivity index (χ1v) is 7.15. The Balaban J connectivity index is 2.17. The second-order valence-electron chi connectivity index (χ2n) is 4.73. The number of aromatic nitrogens is 1. The van der Waals surface area contributed by atoms with Crippen molar-refractivity contribution in [1.29, 1.82) is 0 Å². The van der Waals surface area contributed by atoms with E-state index >= 15 is 0 Å². The maximum atomic E-state index is 5.92. The van der Waals surface area contributed by atoms with Gasteiger partial charge in [0.15, 0.2) is 0 Å². The van der Waals surface area contributed by atoms with E-state index in [0.717, 1.165) is 30.8 Å². The van der Waals surface area contributed by atoms with E-state index in [1.165, 1.54) is 5.56 Å². The van der Waals surface area contributed by atoms with Crippen LogP contribution in [0.25, 0.3) is 0 Å². The van der Waals surface area contributed by atoms with E-state index in [2.05, 4.69) is 30.2 Å². The molecule has 0 atom stereocenters. The Hall–Kier alpha value is -1.58. The van der Waals surface area contributed by atoms with E-state index in [1.54, 1.807) is 18.5 Å². The number of nitrogens with one attached hydrogen (secondary N) is 1. The molecule has 20 heavy (non-hydrogen) atoms. The molecule has 0 aliphatic carbocycles. The Bertz CT molecular complexity index is 572. The zero-order chi connectivity index (χ0) is 14.4. The molecule has 1 aromatic carbocycles. The molecule has 0 radical (unpaired) electrons. The Morgan fingerprint density at radius 2 is 2.10 bits per heavy atom. The van der Waals surface area contributed by atoms with Gasteiger partial charge in [0.1, 0.15) is 11.5 Å². The van der Waals surface area contributed by atoms with Crippen LogP contribution >= 0.6 is 11.6 Å². The predicted molar refractivity (Wildman–Crippen MR) is 82.5 cm³/mol. The van der Waals surface area contributed by atoms with Crippen molar-refractivity contribution in [2.75, 3.05) is 6.54 Å². The molecule has 0 aliphatic heterocycles. The molecule has 4 heteroatoms. The van der Waals surface area contributed by atoms with E-state index in [1.807, 2.05) is 12.1 Å². The molecule has 1 N–H and O–H groups in total. The molecule has 1 heterocycles. The second-order valence-corrected chi connectivity index (χ2v) is 5.17. The van der Waals surface area contributed by atoms with E-state index in [0.29, 0.717) is 10.8 Å². The van der Waals surface area contributed by atoms with Gasteiger partial charge in [0, 0.05) is 24.4 Å². The fourth-order valence-corrected chi connectivity index (χ4v) is 2.08. The molecule has 106 valence electrons. The summed E-state index contributed by atoms with van der Waals surface area (Å²) in [5.41, 5.74) is 2.35. The average molecular weight is 291 g/mol. The molecular weight excluding hydrogens is 272 g/mol. The van der Waals surface area contributed by atoms with Crippen molar-refractivity contribution in [2.45, 2.75) is 26.8 Å². The minimum absolute atomic E-state index is 0.570. The zero-order valence-electron chi connectivity index (χ0n) is 11.8. The Kier molecular flexibility index (Phi) is 5.39. The summed E-state index contributed by atoms with van der Waals surface area (Å²) in [5, 5.41) is 3.96. The van der Waals surface area contributed by atoms with Crippen LogP contribution < -0.4 is 10.1 Å². The van der Waals surface area contributed by atoms with Crippen LogP contribution in [-0.2, 0) is 6.54 Å².